The molecular weight excluding hydrogens is 384 g/mol. The maximum absolute atomic E-state index is 13.2. The zero-order valence-electron chi connectivity index (χ0n) is 15.9. The van der Waals surface area contributed by atoms with E-state index in [1.54, 1.807) is 12.1 Å². The van der Waals surface area contributed by atoms with E-state index in [-0.39, 0.29) is 4.90 Å². The van der Waals surface area contributed by atoms with Crippen molar-refractivity contribution in [3.8, 4) is 5.75 Å². The van der Waals surface area contributed by atoms with Gasteiger partial charge in [-0.25, -0.2) is 8.42 Å². The van der Waals surface area contributed by atoms with Crippen molar-refractivity contribution in [2.75, 3.05) is 37.7 Å². The van der Waals surface area contributed by atoms with E-state index < -0.39 is 10.0 Å². The van der Waals surface area contributed by atoms with Gasteiger partial charge in [0, 0.05) is 36.9 Å². The van der Waals surface area contributed by atoms with Crippen molar-refractivity contribution in [3.63, 3.8) is 0 Å². The second-order valence-corrected chi connectivity index (χ2v) is 9.02. The molecule has 0 atom stereocenters. The van der Waals surface area contributed by atoms with E-state index in [0.29, 0.717) is 38.5 Å². The maximum Gasteiger partial charge on any atom is 0.246 e. The van der Waals surface area contributed by atoms with Crippen molar-refractivity contribution in [2.24, 2.45) is 0 Å². The molecule has 3 rings (SSSR count). The second kappa shape index (κ2) is 8.09. The number of halogens is 1. The minimum Gasteiger partial charge on any atom is -0.492 e. The predicted octanol–water partition coefficient (Wildman–Crippen LogP) is 3.87. The van der Waals surface area contributed by atoms with Crippen LogP contribution in [0.25, 0.3) is 0 Å². The van der Waals surface area contributed by atoms with Gasteiger partial charge >= 0.3 is 0 Å². The summed E-state index contributed by atoms with van der Waals surface area (Å²) in [6, 6.07) is 11.2. The lowest BCUT2D eigenvalue weighted by atomic mass is 10.2. The van der Waals surface area contributed by atoms with Gasteiger partial charge in [-0.2, -0.15) is 4.31 Å². The Labute approximate surface area is 166 Å². The first-order valence-electron chi connectivity index (χ1n) is 9.07. The fraction of sp³-hybridized carbons (Fsp3) is 0.400. The van der Waals surface area contributed by atoms with Gasteiger partial charge < -0.3 is 9.64 Å². The van der Waals surface area contributed by atoms with Crippen molar-refractivity contribution in [3.05, 3.63) is 52.5 Å². The molecule has 0 aliphatic carbocycles. The molecule has 1 aliphatic rings. The van der Waals surface area contributed by atoms with Gasteiger partial charge in [0.05, 0.1) is 6.61 Å². The normalized spacial score (nSPS) is 15.8. The standard InChI is InChI=1S/C20H25ClN2O3S/c1-4-26-19-8-5-15(2)13-20(19)27(24,25)23-11-9-22(10-12-23)17-7-6-16(3)18(21)14-17/h5-8,13-14H,4,9-12H2,1-3H3. The molecule has 1 heterocycles. The Bertz CT molecular complexity index is 923. The number of hydrogen-bond acceptors (Lipinski definition) is 4. The maximum atomic E-state index is 13.2. The molecule has 1 saturated heterocycles. The third-order valence-corrected chi connectivity index (χ3v) is 7.10. The molecule has 7 heteroatoms. The van der Waals surface area contributed by atoms with E-state index in [2.05, 4.69) is 4.90 Å². The van der Waals surface area contributed by atoms with Gasteiger partial charge in [-0.05, 0) is 56.2 Å². The summed E-state index contributed by atoms with van der Waals surface area (Å²) < 4.78 is 33.5. The molecule has 0 unspecified atom stereocenters. The molecule has 146 valence electrons. The van der Waals surface area contributed by atoms with E-state index in [9.17, 15) is 8.42 Å². The summed E-state index contributed by atoms with van der Waals surface area (Å²) >= 11 is 6.23. The summed E-state index contributed by atoms with van der Waals surface area (Å²) in [7, 11) is -3.60. The fourth-order valence-corrected chi connectivity index (χ4v) is 5.01. The molecule has 2 aromatic carbocycles. The Hall–Kier alpha value is -1.76. The van der Waals surface area contributed by atoms with Crippen LogP contribution >= 0.6 is 11.6 Å². The summed E-state index contributed by atoms with van der Waals surface area (Å²) in [5, 5.41) is 0.726. The molecule has 0 bridgehead atoms. The van der Waals surface area contributed by atoms with Crippen molar-refractivity contribution in [1.29, 1.82) is 0 Å². The van der Waals surface area contributed by atoms with E-state index in [0.717, 1.165) is 21.8 Å². The van der Waals surface area contributed by atoms with Crippen LogP contribution in [0.15, 0.2) is 41.3 Å². The molecule has 5 nitrogen and oxygen atoms in total. The van der Waals surface area contributed by atoms with Gasteiger partial charge in [0.15, 0.2) is 0 Å². The first-order valence-corrected chi connectivity index (χ1v) is 10.9. The van der Waals surface area contributed by atoms with Crippen molar-refractivity contribution < 1.29 is 13.2 Å². The summed E-state index contributed by atoms with van der Waals surface area (Å²) in [5.41, 5.74) is 2.95. The van der Waals surface area contributed by atoms with Crippen LogP contribution in [0, 0.1) is 13.8 Å². The van der Waals surface area contributed by atoms with Crippen LogP contribution in [0.3, 0.4) is 0 Å². The molecule has 2 aromatic rings. The minimum atomic E-state index is -3.60. The zero-order valence-corrected chi connectivity index (χ0v) is 17.5. The number of nitrogens with zero attached hydrogens (tertiary/aromatic N) is 2. The molecule has 0 aromatic heterocycles. The first kappa shape index (κ1) is 20.0. The Morgan fingerprint density at radius 1 is 1.04 bits per heavy atom. The summed E-state index contributed by atoms with van der Waals surface area (Å²) in [6.07, 6.45) is 0. The quantitative estimate of drug-likeness (QED) is 0.753. The smallest absolute Gasteiger partial charge is 0.246 e. The molecule has 0 spiro atoms. The third kappa shape index (κ3) is 4.23. The highest BCUT2D eigenvalue weighted by molar-refractivity contribution is 7.89. The summed E-state index contributed by atoms with van der Waals surface area (Å²) in [6.45, 7) is 8.21. The van der Waals surface area contributed by atoms with Crippen molar-refractivity contribution in [2.45, 2.75) is 25.7 Å². The highest BCUT2D eigenvalue weighted by atomic mass is 35.5. The molecular formula is C20H25ClN2O3S. The second-order valence-electron chi connectivity index (χ2n) is 6.71. The molecule has 0 saturated carbocycles. The van der Waals surface area contributed by atoms with Gasteiger partial charge in [-0.15, -0.1) is 0 Å². The number of anilines is 1. The molecule has 27 heavy (non-hydrogen) atoms. The Balaban J connectivity index is 1.79. The van der Waals surface area contributed by atoms with Gasteiger partial charge in [0.2, 0.25) is 10.0 Å². The molecule has 0 radical (unpaired) electrons. The van der Waals surface area contributed by atoms with Crippen LogP contribution in [0.1, 0.15) is 18.1 Å². The van der Waals surface area contributed by atoms with Crippen LogP contribution in [0.4, 0.5) is 5.69 Å². The van der Waals surface area contributed by atoms with Gasteiger partial charge in [-0.1, -0.05) is 23.7 Å². The summed E-state index contributed by atoms with van der Waals surface area (Å²) in [5.74, 6) is 0.413. The van der Waals surface area contributed by atoms with E-state index in [1.165, 1.54) is 4.31 Å². The largest absolute Gasteiger partial charge is 0.492 e. The lowest BCUT2D eigenvalue weighted by Crippen LogP contribution is -2.48. The fourth-order valence-electron chi connectivity index (χ4n) is 3.20. The predicted molar refractivity (Wildman–Crippen MR) is 110 cm³/mol. The van der Waals surface area contributed by atoms with Crippen LogP contribution in [0.2, 0.25) is 5.02 Å². The SMILES string of the molecule is CCOc1ccc(C)cc1S(=O)(=O)N1CCN(c2ccc(C)c(Cl)c2)CC1. The van der Waals surface area contributed by atoms with E-state index in [1.807, 2.05) is 45.0 Å². The minimum absolute atomic E-state index is 0.246. The Morgan fingerprint density at radius 3 is 2.37 bits per heavy atom. The van der Waals surface area contributed by atoms with E-state index in [4.69, 9.17) is 16.3 Å². The summed E-state index contributed by atoms with van der Waals surface area (Å²) in [4.78, 5) is 2.41. The highest BCUT2D eigenvalue weighted by Crippen LogP contribution is 2.30. The third-order valence-electron chi connectivity index (χ3n) is 4.78. The number of hydrogen-bond donors (Lipinski definition) is 0. The number of aryl methyl sites for hydroxylation is 2. The topological polar surface area (TPSA) is 49.9 Å². The zero-order chi connectivity index (χ0) is 19.6. The monoisotopic (exact) mass is 408 g/mol. The lowest BCUT2D eigenvalue weighted by Gasteiger charge is -2.35. The molecule has 1 aliphatic heterocycles. The van der Waals surface area contributed by atoms with Crippen LogP contribution in [-0.4, -0.2) is 45.5 Å². The van der Waals surface area contributed by atoms with Crippen LogP contribution < -0.4 is 9.64 Å². The Kier molecular flexibility index (Phi) is 5.99. The molecule has 1 fully saturated rings. The Morgan fingerprint density at radius 2 is 1.74 bits per heavy atom. The highest BCUT2D eigenvalue weighted by Gasteiger charge is 2.31. The van der Waals surface area contributed by atoms with Gasteiger partial charge in [0.1, 0.15) is 10.6 Å². The number of benzene rings is 2. The number of rotatable bonds is 5. The van der Waals surface area contributed by atoms with Gasteiger partial charge in [0.25, 0.3) is 0 Å². The average molecular weight is 409 g/mol. The van der Waals surface area contributed by atoms with Crippen molar-refractivity contribution >= 4 is 27.3 Å². The van der Waals surface area contributed by atoms with Crippen LogP contribution in [-0.2, 0) is 10.0 Å². The first-order chi connectivity index (χ1) is 12.8. The number of piperazine rings is 1. The van der Waals surface area contributed by atoms with Gasteiger partial charge in [-0.3, -0.25) is 0 Å². The van der Waals surface area contributed by atoms with E-state index >= 15 is 0 Å². The molecule has 0 amide bonds. The lowest BCUT2D eigenvalue weighted by molar-refractivity contribution is 0.327. The number of ether oxygens (including phenoxy) is 1. The molecule has 0 N–H and O–H groups in total. The van der Waals surface area contributed by atoms with Crippen LogP contribution in [0.5, 0.6) is 5.75 Å². The average Bonchev–Trinajstić information content (AvgIpc) is 2.65. The van der Waals surface area contributed by atoms with Crippen molar-refractivity contribution in [1.82, 2.24) is 4.31 Å². The number of sulfonamides is 1.